The first-order valence-corrected chi connectivity index (χ1v) is 27.4. The average molecular weight is 997 g/mol. The lowest BCUT2D eigenvalue weighted by Gasteiger charge is -2.26. The quantitative estimate of drug-likeness (QED) is 0.129. The van der Waals surface area contributed by atoms with Crippen molar-refractivity contribution in [3.05, 3.63) is 216 Å². The van der Waals surface area contributed by atoms with Gasteiger partial charge in [0.25, 0.3) is 0 Å². The number of anilines is 4. The Balaban J connectivity index is 1.02. The zero-order valence-electron chi connectivity index (χ0n) is 46.5. The van der Waals surface area contributed by atoms with E-state index in [-0.39, 0.29) is 10.8 Å². The molecule has 0 unspecified atom stereocenters. The molecule has 0 radical (unpaired) electrons. The molecule has 0 bridgehead atoms. The first kappa shape index (κ1) is 50.3. The Bertz CT molecular complexity index is 3760. The van der Waals surface area contributed by atoms with E-state index in [4.69, 9.17) is 9.72 Å². The molecule has 0 aliphatic carbocycles. The van der Waals surface area contributed by atoms with Gasteiger partial charge in [-0.05, 0) is 169 Å². The predicted molar refractivity (Wildman–Crippen MR) is 323 cm³/mol. The first-order valence-electron chi connectivity index (χ1n) is 27.4. The van der Waals surface area contributed by atoms with Crippen LogP contribution in [0.3, 0.4) is 0 Å². The van der Waals surface area contributed by atoms with Crippen LogP contribution in [0.15, 0.2) is 188 Å². The molecular formula is C71H72N4O. The summed E-state index contributed by atoms with van der Waals surface area (Å²) in [5.41, 5.74) is 20.8. The van der Waals surface area contributed by atoms with Crippen molar-refractivity contribution in [2.45, 2.75) is 112 Å². The fraction of sp³-hybridized carbons (Fsp3) is 0.254. The number of hydrogen-bond acceptors (Lipinski definition) is 4. The molecule has 2 aromatic heterocycles. The van der Waals surface area contributed by atoms with Gasteiger partial charge in [0.2, 0.25) is 0 Å². The van der Waals surface area contributed by atoms with Gasteiger partial charge in [0, 0.05) is 40.5 Å². The van der Waals surface area contributed by atoms with E-state index in [1.165, 1.54) is 72.7 Å². The van der Waals surface area contributed by atoms with Crippen molar-refractivity contribution in [1.82, 2.24) is 9.55 Å². The van der Waals surface area contributed by atoms with E-state index in [2.05, 4.69) is 279 Å². The highest BCUT2D eigenvalue weighted by Gasteiger charge is 2.31. The Hall–Kier alpha value is -7.89. The Morgan fingerprint density at radius 1 is 0.434 bits per heavy atom. The van der Waals surface area contributed by atoms with E-state index in [1.807, 2.05) is 6.20 Å². The molecule has 8 aromatic carbocycles. The van der Waals surface area contributed by atoms with Gasteiger partial charge in [0.05, 0.1) is 22.4 Å². The van der Waals surface area contributed by atoms with Gasteiger partial charge in [-0.15, -0.1) is 0 Å². The van der Waals surface area contributed by atoms with Crippen molar-refractivity contribution in [2.75, 3.05) is 16.5 Å². The van der Waals surface area contributed by atoms with Gasteiger partial charge in [-0.1, -0.05) is 174 Å². The molecule has 0 atom stereocenters. The number of fused-ring (bicyclic) bond motifs is 4. The predicted octanol–water partition coefficient (Wildman–Crippen LogP) is 20.2. The number of benzene rings is 8. The normalized spacial score (nSPS) is 13.0. The van der Waals surface area contributed by atoms with Crippen molar-refractivity contribution in [3.8, 4) is 50.7 Å². The van der Waals surface area contributed by atoms with Crippen LogP contribution in [-0.2, 0) is 10.8 Å². The fourth-order valence-corrected chi connectivity index (χ4v) is 11.1. The number of nitrogens with zero attached hydrogens (tertiary/aromatic N) is 4. The highest BCUT2D eigenvalue weighted by Crippen LogP contribution is 2.48. The number of rotatable bonds is 11. The molecule has 0 saturated heterocycles. The smallest absolute Gasteiger partial charge is 0.138 e. The Morgan fingerprint density at radius 3 is 1.75 bits per heavy atom. The molecule has 0 spiro atoms. The summed E-state index contributed by atoms with van der Waals surface area (Å²) in [6.07, 6.45) is 1.99. The van der Waals surface area contributed by atoms with E-state index < -0.39 is 0 Å². The molecular weight excluding hydrogens is 925 g/mol. The summed E-state index contributed by atoms with van der Waals surface area (Å²) < 4.78 is 9.31. The maximum absolute atomic E-state index is 6.97. The van der Waals surface area contributed by atoms with Crippen LogP contribution in [-0.4, -0.2) is 16.2 Å². The molecule has 0 fully saturated rings. The van der Waals surface area contributed by atoms with Crippen LogP contribution in [0, 0.1) is 0 Å². The summed E-state index contributed by atoms with van der Waals surface area (Å²) in [6.45, 7) is 28.3. The van der Waals surface area contributed by atoms with Crippen LogP contribution in [0.25, 0.3) is 61.0 Å². The van der Waals surface area contributed by atoms with Crippen LogP contribution >= 0.6 is 0 Å². The molecule has 76 heavy (non-hydrogen) atoms. The minimum atomic E-state index is 0.00575. The Labute approximate surface area is 451 Å². The Morgan fingerprint density at radius 2 is 1.05 bits per heavy atom. The SMILES string of the molecule is CC(C)c1cc(C(C)C)c(-c2ccnc(-n3c4ccc(-c5cccc(-c6ccccc6)c5)cc4c4ccc(Oc5cccc(N6CN(c7cccc(C(C)(C)C)c7)c7cc(C(C)(C)C)ccc76)c5)cc43)c2)c(C(C)C)c1. The second kappa shape index (κ2) is 19.7. The second-order valence-electron chi connectivity index (χ2n) is 24.0. The van der Waals surface area contributed by atoms with Crippen LogP contribution in [0.5, 0.6) is 11.5 Å². The third-order valence-electron chi connectivity index (χ3n) is 15.5. The molecule has 0 amide bonds. The van der Waals surface area contributed by atoms with Crippen molar-refractivity contribution in [1.29, 1.82) is 0 Å². The average Bonchev–Trinajstić information content (AvgIpc) is 3.99. The van der Waals surface area contributed by atoms with Gasteiger partial charge < -0.3 is 14.5 Å². The number of aromatic nitrogens is 2. The van der Waals surface area contributed by atoms with Gasteiger partial charge in [0.1, 0.15) is 24.0 Å². The number of hydrogen-bond donors (Lipinski definition) is 0. The topological polar surface area (TPSA) is 33.5 Å². The van der Waals surface area contributed by atoms with Gasteiger partial charge >= 0.3 is 0 Å². The molecule has 5 heteroatoms. The minimum Gasteiger partial charge on any atom is -0.457 e. The van der Waals surface area contributed by atoms with Gasteiger partial charge in [-0.25, -0.2) is 4.98 Å². The van der Waals surface area contributed by atoms with E-state index in [1.54, 1.807) is 0 Å². The van der Waals surface area contributed by atoms with E-state index in [0.717, 1.165) is 50.4 Å². The highest BCUT2D eigenvalue weighted by atomic mass is 16.5. The zero-order chi connectivity index (χ0) is 53.2. The van der Waals surface area contributed by atoms with Crippen molar-refractivity contribution < 1.29 is 4.74 Å². The summed E-state index contributed by atoms with van der Waals surface area (Å²) >= 11 is 0. The molecule has 1 aliphatic heterocycles. The highest BCUT2D eigenvalue weighted by molar-refractivity contribution is 6.11. The van der Waals surface area contributed by atoms with Gasteiger partial charge in [0.15, 0.2) is 0 Å². The third-order valence-corrected chi connectivity index (χ3v) is 15.5. The fourth-order valence-electron chi connectivity index (χ4n) is 11.1. The van der Waals surface area contributed by atoms with Crippen LogP contribution in [0.2, 0.25) is 0 Å². The van der Waals surface area contributed by atoms with Crippen LogP contribution in [0.4, 0.5) is 22.7 Å². The van der Waals surface area contributed by atoms with Crippen molar-refractivity contribution in [2.24, 2.45) is 0 Å². The molecule has 10 aromatic rings. The van der Waals surface area contributed by atoms with Gasteiger partial charge in [-0.2, -0.15) is 0 Å². The third kappa shape index (κ3) is 9.57. The minimum absolute atomic E-state index is 0.00575. The summed E-state index contributed by atoms with van der Waals surface area (Å²) in [4.78, 5) is 10.1. The van der Waals surface area contributed by atoms with Crippen LogP contribution < -0.4 is 14.5 Å². The summed E-state index contributed by atoms with van der Waals surface area (Å²) in [6, 6.07) is 66.9. The summed E-state index contributed by atoms with van der Waals surface area (Å²) in [7, 11) is 0. The van der Waals surface area contributed by atoms with Gasteiger partial charge in [-0.3, -0.25) is 4.57 Å². The summed E-state index contributed by atoms with van der Waals surface area (Å²) in [5, 5.41) is 2.29. The van der Waals surface area contributed by atoms with E-state index in [0.29, 0.717) is 24.4 Å². The zero-order valence-corrected chi connectivity index (χ0v) is 46.5. The second-order valence-corrected chi connectivity index (χ2v) is 24.0. The largest absolute Gasteiger partial charge is 0.457 e. The summed E-state index contributed by atoms with van der Waals surface area (Å²) in [5.74, 6) is 3.52. The molecule has 0 saturated carbocycles. The first-order chi connectivity index (χ1) is 36.4. The molecule has 3 heterocycles. The van der Waals surface area contributed by atoms with Crippen LogP contribution in [0.1, 0.15) is 129 Å². The lowest BCUT2D eigenvalue weighted by Crippen LogP contribution is -2.24. The standard InChI is InChI=1S/C71H72N4O/c1-45(2)53-37-61(46(3)4)69(62(38-53)47(5)6)52-33-34-72-68(39-52)75-64-31-27-51(50-22-16-21-49(35-50)48-19-14-13-15-20-48)36-63(64)60-30-29-59(43-66(60)75)76-58-26-18-25-57(42-58)73-44-74(56-24-17-23-54(40-56)70(7,8)9)67-41-55(71(10,11)12)28-32-65(67)73/h13-43,45-47H,44H2,1-12H3. The lowest BCUT2D eigenvalue weighted by atomic mass is 9.82. The molecule has 11 rings (SSSR count). The van der Waals surface area contributed by atoms with Crippen molar-refractivity contribution in [3.63, 3.8) is 0 Å². The lowest BCUT2D eigenvalue weighted by molar-refractivity contribution is 0.483. The maximum atomic E-state index is 6.97. The monoisotopic (exact) mass is 997 g/mol. The molecule has 0 N–H and O–H groups in total. The van der Waals surface area contributed by atoms with E-state index in [9.17, 15) is 0 Å². The molecule has 1 aliphatic rings. The van der Waals surface area contributed by atoms with Crippen molar-refractivity contribution >= 4 is 44.6 Å². The molecule has 382 valence electrons. The van der Waals surface area contributed by atoms with E-state index >= 15 is 0 Å². The number of pyridine rings is 1. The molecule has 5 nitrogen and oxygen atoms in total. The Kier molecular flexibility index (Phi) is 13.0. The maximum Gasteiger partial charge on any atom is 0.138 e. The number of ether oxygens (including phenoxy) is 1.